The predicted octanol–water partition coefficient (Wildman–Crippen LogP) is 10.2. The van der Waals surface area contributed by atoms with E-state index < -0.39 is 5.60 Å². The molecular weight excluding hydrogens is 376 g/mol. The summed E-state index contributed by atoms with van der Waals surface area (Å²) in [5.41, 5.74) is 5.54. The lowest BCUT2D eigenvalue weighted by molar-refractivity contribution is 0.0975. The normalized spacial score (nSPS) is 16.1. The quantitative estimate of drug-likeness (QED) is 0.190. The van der Waals surface area contributed by atoms with Gasteiger partial charge in [-0.1, -0.05) is 98.8 Å². The molecule has 0 unspecified atom stereocenters. The molecule has 0 aromatic rings. The van der Waals surface area contributed by atoms with E-state index >= 15 is 0 Å². The van der Waals surface area contributed by atoms with Crippen molar-refractivity contribution in [3.63, 3.8) is 0 Å². The Morgan fingerprint density at radius 2 is 0.774 bits per heavy atom. The van der Waals surface area contributed by atoms with Crippen LogP contribution in [0.4, 0.5) is 0 Å². The smallest absolute Gasteiger partial charge is 0.108 e. The Morgan fingerprint density at radius 1 is 0.452 bits per heavy atom. The third-order valence-electron chi connectivity index (χ3n) is 7.35. The van der Waals surface area contributed by atoms with E-state index in [0.717, 1.165) is 25.7 Å². The summed E-state index contributed by atoms with van der Waals surface area (Å²) in [6.45, 7) is 11.5. The minimum Gasteiger partial charge on any atom is -0.381 e. The van der Waals surface area contributed by atoms with Crippen molar-refractivity contribution >= 4 is 0 Å². The van der Waals surface area contributed by atoms with Crippen LogP contribution >= 0.6 is 0 Å². The number of hydrogen-bond donors (Lipinski definition) is 1. The molecule has 31 heavy (non-hydrogen) atoms. The average molecular weight is 433 g/mol. The van der Waals surface area contributed by atoms with Crippen molar-refractivity contribution in [1.82, 2.24) is 0 Å². The monoisotopic (exact) mass is 432 g/mol. The van der Waals surface area contributed by atoms with Crippen molar-refractivity contribution in [3.8, 4) is 0 Å². The average Bonchev–Trinajstić information content (AvgIpc) is 2.97. The maximum atomic E-state index is 12.4. The van der Waals surface area contributed by atoms with Crippen molar-refractivity contribution in [1.29, 1.82) is 0 Å². The SMILES string of the molecule is CCCCCC1=C(CCCCC)C(O)(CCCCC)C(CCCCC)=C1CCCCC. The second kappa shape index (κ2) is 17.0. The van der Waals surface area contributed by atoms with Gasteiger partial charge in [0.25, 0.3) is 0 Å². The van der Waals surface area contributed by atoms with Crippen molar-refractivity contribution < 1.29 is 5.11 Å². The fourth-order valence-electron chi connectivity index (χ4n) is 5.50. The van der Waals surface area contributed by atoms with E-state index in [-0.39, 0.29) is 0 Å². The van der Waals surface area contributed by atoms with Crippen LogP contribution in [0, 0.1) is 0 Å². The van der Waals surface area contributed by atoms with Gasteiger partial charge in [0.05, 0.1) is 0 Å². The van der Waals surface area contributed by atoms with Crippen LogP contribution in [0.2, 0.25) is 0 Å². The Bertz CT molecular complexity index is 485. The molecule has 0 radical (unpaired) electrons. The number of hydrogen-bond acceptors (Lipinski definition) is 1. The molecule has 0 fully saturated rings. The molecule has 182 valence electrons. The number of allylic oxidation sites excluding steroid dienone is 2. The molecule has 0 bridgehead atoms. The van der Waals surface area contributed by atoms with Gasteiger partial charge in [0.1, 0.15) is 5.60 Å². The highest BCUT2D eigenvalue weighted by molar-refractivity contribution is 5.55. The molecule has 0 aromatic carbocycles. The Morgan fingerprint density at radius 3 is 1.13 bits per heavy atom. The Hall–Kier alpha value is -0.560. The summed E-state index contributed by atoms with van der Waals surface area (Å²) in [4.78, 5) is 0. The summed E-state index contributed by atoms with van der Waals surface area (Å²) < 4.78 is 0. The molecule has 0 atom stereocenters. The number of aliphatic hydroxyl groups is 1. The summed E-state index contributed by atoms with van der Waals surface area (Å²) in [6.07, 6.45) is 24.5. The Labute approximate surface area is 196 Å². The highest BCUT2D eigenvalue weighted by Gasteiger charge is 2.43. The first kappa shape index (κ1) is 28.5. The van der Waals surface area contributed by atoms with Gasteiger partial charge in [-0.25, -0.2) is 0 Å². The van der Waals surface area contributed by atoms with E-state index in [1.807, 2.05) is 0 Å². The van der Waals surface area contributed by atoms with Crippen molar-refractivity contribution in [2.45, 2.75) is 169 Å². The highest BCUT2D eigenvalue weighted by Crippen LogP contribution is 2.50. The molecule has 1 rings (SSSR count). The van der Waals surface area contributed by atoms with Gasteiger partial charge < -0.3 is 5.11 Å². The first-order valence-electron chi connectivity index (χ1n) is 14.3. The maximum Gasteiger partial charge on any atom is 0.108 e. The molecule has 0 spiro atoms. The van der Waals surface area contributed by atoms with Crippen LogP contribution in [0.3, 0.4) is 0 Å². The van der Waals surface area contributed by atoms with E-state index in [9.17, 15) is 5.11 Å². The number of rotatable bonds is 20. The van der Waals surface area contributed by atoms with Crippen LogP contribution < -0.4 is 0 Å². The molecule has 1 N–H and O–H groups in total. The van der Waals surface area contributed by atoms with Gasteiger partial charge >= 0.3 is 0 Å². The van der Waals surface area contributed by atoms with Gasteiger partial charge in [-0.3, -0.25) is 0 Å². The first-order valence-corrected chi connectivity index (χ1v) is 14.3. The molecule has 1 heteroatoms. The van der Waals surface area contributed by atoms with Crippen LogP contribution in [0.25, 0.3) is 0 Å². The lowest BCUT2D eigenvalue weighted by Crippen LogP contribution is -2.32. The van der Waals surface area contributed by atoms with E-state index in [0.29, 0.717) is 0 Å². The van der Waals surface area contributed by atoms with Gasteiger partial charge in [0, 0.05) is 0 Å². The van der Waals surface area contributed by atoms with Gasteiger partial charge in [0.2, 0.25) is 0 Å². The van der Waals surface area contributed by atoms with Crippen molar-refractivity contribution in [2.24, 2.45) is 0 Å². The molecule has 0 saturated heterocycles. The van der Waals surface area contributed by atoms with Gasteiger partial charge in [-0.05, 0) is 86.5 Å². The minimum absolute atomic E-state index is 0.625. The highest BCUT2D eigenvalue weighted by atomic mass is 16.3. The molecular formula is C30H56O. The van der Waals surface area contributed by atoms with Crippen LogP contribution in [0.15, 0.2) is 22.3 Å². The standard InChI is InChI=1S/C30H56O/c1-6-11-16-21-26-27(22-17-12-7-2)29(24-19-14-9-4)30(31,25-20-15-10-5)28(26)23-18-13-8-3/h31H,6-25H2,1-5H3. The predicted molar refractivity (Wildman–Crippen MR) is 140 cm³/mol. The summed E-state index contributed by atoms with van der Waals surface area (Å²) in [7, 11) is 0. The molecule has 1 nitrogen and oxygen atoms in total. The number of unbranched alkanes of at least 4 members (excludes halogenated alkanes) is 10. The molecule has 0 saturated carbocycles. The molecule has 0 heterocycles. The zero-order valence-electron chi connectivity index (χ0n) is 22.1. The van der Waals surface area contributed by atoms with E-state index in [1.54, 1.807) is 11.1 Å². The largest absolute Gasteiger partial charge is 0.381 e. The van der Waals surface area contributed by atoms with Gasteiger partial charge in [-0.15, -0.1) is 0 Å². The summed E-state index contributed by atoms with van der Waals surface area (Å²) in [5.74, 6) is 0. The molecule has 1 aliphatic rings. The second-order valence-electron chi connectivity index (χ2n) is 10.1. The summed E-state index contributed by atoms with van der Waals surface area (Å²) in [5, 5.41) is 12.4. The van der Waals surface area contributed by atoms with E-state index in [2.05, 4.69) is 34.6 Å². The van der Waals surface area contributed by atoms with Crippen LogP contribution in [0.1, 0.15) is 163 Å². The summed E-state index contributed by atoms with van der Waals surface area (Å²) in [6, 6.07) is 0. The second-order valence-corrected chi connectivity index (χ2v) is 10.1. The molecule has 0 amide bonds. The fraction of sp³-hybridized carbons (Fsp3) is 0.867. The topological polar surface area (TPSA) is 20.2 Å². The van der Waals surface area contributed by atoms with Crippen LogP contribution in [0.5, 0.6) is 0 Å². The maximum absolute atomic E-state index is 12.4. The third-order valence-corrected chi connectivity index (χ3v) is 7.35. The third kappa shape index (κ3) is 9.07. The molecule has 1 aliphatic carbocycles. The van der Waals surface area contributed by atoms with Gasteiger partial charge in [0.15, 0.2) is 0 Å². The summed E-state index contributed by atoms with van der Waals surface area (Å²) >= 11 is 0. The van der Waals surface area contributed by atoms with Crippen molar-refractivity contribution in [2.75, 3.05) is 0 Å². The first-order chi connectivity index (χ1) is 15.1. The molecule has 0 aromatic heterocycles. The van der Waals surface area contributed by atoms with Crippen molar-refractivity contribution in [3.05, 3.63) is 22.3 Å². The van der Waals surface area contributed by atoms with E-state index in [1.165, 1.54) is 114 Å². The lowest BCUT2D eigenvalue weighted by Gasteiger charge is -2.32. The zero-order chi connectivity index (χ0) is 23.0. The zero-order valence-corrected chi connectivity index (χ0v) is 22.1. The Balaban J connectivity index is 3.34. The lowest BCUT2D eigenvalue weighted by atomic mass is 9.79. The Kier molecular flexibility index (Phi) is 15.6. The van der Waals surface area contributed by atoms with Gasteiger partial charge in [-0.2, -0.15) is 0 Å². The van der Waals surface area contributed by atoms with Crippen LogP contribution in [-0.2, 0) is 0 Å². The minimum atomic E-state index is -0.625. The fourth-order valence-corrected chi connectivity index (χ4v) is 5.50. The molecule has 0 aliphatic heterocycles. The van der Waals surface area contributed by atoms with Crippen LogP contribution in [-0.4, -0.2) is 10.7 Å². The van der Waals surface area contributed by atoms with E-state index in [4.69, 9.17) is 0 Å².